The summed E-state index contributed by atoms with van der Waals surface area (Å²) in [5.41, 5.74) is 1.65. The molecule has 0 amide bonds. The Morgan fingerprint density at radius 3 is 2.57 bits per heavy atom. The number of hydrogen-bond acceptors (Lipinski definition) is 5. The number of anilines is 1. The van der Waals surface area contributed by atoms with Crippen LogP contribution >= 0.6 is 11.3 Å². The van der Waals surface area contributed by atoms with E-state index in [-0.39, 0.29) is 16.0 Å². The summed E-state index contributed by atoms with van der Waals surface area (Å²) >= 11 is 1.32. The molecule has 5 nitrogen and oxygen atoms in total. The highest BCUT2D eigenvalue weighted by atomic mass is 32.1. The quantitative estimate of drug-likeness (QED) is 0.522. The number of rotatable bonds is 3. The summed E-state index contributed by atoms with van der Waals surface area (Å²) < 4.78 is 0. The first-order valence-corrected chi connectivity index (χ1v) is 7.92. The highest BCUT2D eigenvalue weighted by Gasteiger charge is 2.28. The molecule has 0 aromatic carbocycles. The van der Waals surface area contributed by atoms with Gasteiger partial charge in [0.2, 0.25) is 0 Å². The molecule has 1 aromatic heterocycles. The molecular formula is C15H22N2O3S. The molecule has 0 bridgehead atoms. The molecule has 0 spiro atoms. The average Bonchev–Trinajstić information content (AvgIpc) is 2.83. The predicted molar refractivity (Wildman–Crippen MR) is 86.0 cm³/mol. The maximum atomic E-state index is 11.2. The van der Waals surface area contributed by atoms with Crippen LogP contribution in [-0.4, -0.2) is 23.1 Å². The molecule has 116 valence electrons. The van der Waals surface area contributed by atoms with Crippen LogP contribution in [-0.2, 0) is 0 Å². The molecule has 0 saturated carbocycles. The van der Waals surface area contributed by atoms with Crippen LogP contribution in [0.2, 0.25) is 0 Å². The van der Waals surface area contributed by atoms with Gasteiger partial charge < -0.3 is 10.0 Å². The van der Waals surface area contributed by atoms with Crippen molar-refractivity contribution in [3.8, 4) is 0 Å². The third kappa shape index (κ3) is 3.44. The van der Waals surface area contributed by atoms with Crippen molar-refractivity contribution >= 4 is 22.0 Å². The molecular weight excluding hydrogens is 288 g/mol. The first kappa shape index (κ1) is 16.0. The van der Waals surface area contributed by atoms with Gasteiger partial charge in [0.15, 0.2) is 5.00 Å². The predicted octanol–water partition coefficient (Wildman–Crippen LogP) is 3.89. The lowest BCUT2D eigenvalue weighted by Gasteiger charge is -2.32. The third-order valence-electron chi connectivity index (χ3n) is 3.78. The number of nitrogens with zero attached hydrogens (tertiary/aromatic N) is 2. The highest BCUT2D eigenvalue weighted by Crippen LogP contribution is 2.42. The Hall–Kier alpha value is -1.40. The number of aliphatic hydroxyl groups is 1. The molecule has 6 heteroatoms. The van der Waals surface area contributed by atoms with Crippen LogP contribution < -0.4 is 4.90 Å². The summed E-state index contributed by atoms with van der Waals surface area (Å²) in [6, 6.07) is 1.49. The summed E-state index contributed by atoms with van der Waals surface area (Å²) in [5.74, 6) is 0. The van der Waals surface area contributed by atoms with Gasteiger partial charge in [0.1, 0.15) is 0 Å². The molecule has 0 aliphatic carbocycles. The van der Waals surface area contributed by atoms with E-state index in [1.807, 2.05) is 4.90 Å². The van der Waals surface area contributed by atoms with E-state index in [1.165, 1.54) is 23.0 Å². The Balaban J connectivity index is 2.28. The number of hydrogen-bond donors (Lipinski definition) is 1. The van der Waals surface area contributed by atoms with Crippen LogP contribution in [0, 0.1) is 15.5 Å². The minimum Gasteiger partial charge on any atom is -0.388 e. The van der Waals surface area contributed by atoms with Gasteiger partial charge >= 0.3 is 5.69 Å². The Morgan fingerprint density at radius 1 is 1.48 bits per heavy atom. The maximum absolute atomic E-state index is 11.2. The van der Waals surface area contributed by atoms with Crippen molar-refractivity contribution in [2.45, 2.75) is 40.2 Å². The van der Waals surface area contributed by atoms with Crippen molar-refractivity contribution < 1.29 is 10.0 Å². The molecule has 2 heterocycles. The molecule has 1 atom stereocenters. The van der Waals surface area contributed by atoms with Crippen LogP contribution in [0.15, 0.2) is 17.7 Å². The molecule has 0 fully saturated rings. The Kier molecular flexibility index (Phi) is 4.39. The van der Waals surface area contributed by atoms with E-state index < -0.39 is 6.10 Å². The van der Waals surface area contributed by atoms with Crippen LogP contribution in [0.4, 0.5) is 10.7 Å². The lowest BCUT2D eigenvalue weighted by atomic mass is 9.83. The fourth-order valence-corrected chi connectivity index (χ4v) is 3.59. The zero-order chi connectivity index (χ0) is 15.8. The van der Waals surface area contributed by atoms with Gasteiger partial charge in [-0.1, -0.05) is 32.4 Å². The largest absolute Gasteiger partial charge is 0.388 e. The molecule has 2 rings (SSSR count). The van der Waals surface area contributed by atoms with E-state index >= 15 is 0 Å². The second kappa shape index (κ2) is 5.77. The van der Waals surface area contributed by atoms with Crippen LogP contribution in [0.1, 0.15) is 45.1 Å². The monoisotopic (exact) mass is 310 g/mol. The SMILES string of the molecule is C[C@H](O)c1cc([N+](=O)[O-])c(N2CC=C(C(C)(C)C)CC2)s1. The molecule has 1 N–H and O–H groups in total. The standard InChI is InChI=1S/C15H22N2O3S/c1-10(18)13-9-12(17(19)20)14(21-13)16-7-5-11(6-8-16)15(2,3)4/h5,9-10,18H,6-8H2,1-4H3/t10-/m0/s1. The van der Waals surface area contributed by atoms with Crippen LogP contribution in [0.3, 0.4) is 0 Å². The van der Waals surface area contributed by atoms with E-state index in [1.54, 1.807) is 6.92 Å². The molecule has 1 aliphatic heterocycles. The zero-order valence-corrected chi connectivity index (χ0v) is 13.7. The van der Waals surface area contributed by atoms with Crippen molar-refractivity contribution in [3.63, 3.8) is 0 Å². The van der Waals surface area contributed by atoms with Crippen molar-refractivity contribution in [1.82, 2.24) is 0 Å². The second-order valence-electron chi connectivity index (χ2n) is 6.45. The minimum atomic E-state index is -0.673. The zero-order valence-electron chi connectivity index (χ0n) is 12.9. The van der Waals surface area contributed by atoms with E-state index in [9.17, 15) is 15.2 Å². The molecule has 0 radical (unpaired) electrons. The van der Waals surface area contributed by atoms with Gasteiger partial charge in [0, 0.05) is 24.0 Å². The van der Waals surface area contributed by atoms with E-state index in [2.05, 4.69) is 26.8 Å². The number of thiophene rings is 1. The normalized spacial score (nSPS) is 17.6. The first-order valence-electron chi connectivity index (χ1n) is 7.11. The Morgan fingerprint density at radius 2 is 2.14 bits per heavy atom. The smallest absolute Gasteiger partial charge is 0.304 e. The van der Waals surface area contributed by atoms with Gasteiger partial charge in [0.25, 0.3) is 0 Å². The maximum Gasteiger partial charge on any atom is 0.304 e. The lowest BCUT2D eigenvalue weighted by Crippen LogP contribution is -2.31. The summed E-state index contributed by atoms with van der Waals surface area (Å²) in [5, 5.41) is 21.5. The van der Waals surface area contributed by atoms with Crippen molar-refractivity contribution in [3.05, 3.63) is 32.7 Å². The molecule has 0 saturated heterocycles. The summed E-state index contributed by atoms with van der Waals surface area (Å²) in [4.78, 5) is 13.5. The van der Waals surface area contributed by atoms with Crippen LogP contribution in [0.5, 0.6) is 0 Å². The topological polar surface area (TPSA) is 66.6 Å². The first-order chi connectivity index (χ1) is 9.70. The Bertz CT molecular complexity index is 570. The highest BCUT2D eigenvalue weighted by molar-refractivity contribution is 7.16. The van der Waals surface area contributed by atoms with Crippen molar-refractivity contribution in [1.29, 1.82) is 0 Å². The van der Waals surface area contributed by atoms with Crippen molar-refractivity contribution in [2.75, 3.05) is 18.0 Å². The molecule has 1 aromatic rings. The van der Waals surface area contributed by atoms with E-state index in [0.29, 0.717) is 16.4 Å². The number of nitro groups is 1. The van der Waals surface area contributed by atoms with Gasteiger partial charge in [-0.05, 0) is 18.8 Å². The molecule has 1 aliphatic rings. The average molecular weight is 310 g/mol. The lowest BCUT2D eigenvalue weighted by molar-refractivity contribution is -0.383. The van der Waals surface area contributed by atoms with Crippen molar-refractivity contribution in [2.24, 2.45) is 5.41 Å². The van der Waals surface area contributed by atoms with Gasteiger partial charge in [-0.3, -0.25) is 10.1 Å². The summed E-state index contributed by atoms with van der Waals surface area (Å²) in [6.07, 6.45) is 2.42. The van der Waals surface area contributed by atoms with Gasteiger partial charge in [-0.25, -0.2) is 0 Å². The van der Waals surface area contributed by atoms with E-state index in [4.69, 9.17) is 0 Å². The van der Waals surface area contributed by atoms with Gasteiger partial charge in [0.05, 0.1) is 11.0 Å². The van der Waals surface area contributed by atoms with Gasteiger partial charge in [-0.15, -0.1) is 11.3 Å². The number of aliphatic hydroxyl groups excluding tert-OH is 1. The second-order valence-corrected chi connectivity index (χ2v) is 7.51. The molecule has 21 heavy (non-hydrogen) atoms. The third-order valence-corrected chi connectivity index (χ3v) is 5.14. The van der Waals surface area contributed by atoms with Crippen LogP contribution in [0.25, 0.3) is 0 Å². The fourth-order valence-electron chi connectivity index (χ4n) is 2.49. The van der Waals surface area contributed by atoms with E-state index in [0.717, 1.165) is 13.0 Å². The Labute approximate surface area is 129 Å². The fraction of sp³-hybridized carbons (Fsp3) is 0.600. The minimum absolute atomic E-state index is 0.100. The summed E-state index contributed by atoms with van der Waals surface area (Å²) in [6.45, 7) is 9.67. The summed E-state index contributed by atoms with van der Waals surface area (Å²) in [7, 11) is 0. The van der Waals surface area contributed by atoms with Gasteiger partial charge in [-0.2, -0.15) is 0 Å². The molecule has 0 unspecified atom stereocenters.